The number of hydrogen-bond acceptors (Lipinski definition) is 3. The first-order chi connectivity index (χ1) is 13.2. The quantitative estimate of drug-likeness (QED) is 0.348. The molecule has 2 aromatic carbocycles. The van der Waals surface area contributed by atoms with Crippen LogP contribution in [0.25, 0.3) is 0 Å². The molecule has 2 aromatic rings. The van der Waals surface area contributed by atoms with Gasteiger partial charge in [-0.2, -0.15) is 0 Å². The van der Waals surface area contributed by atoms with Crippen molar-refractivity contribution in [1.29, 1.82) is 0 Å². The molecule has 0 saturated heterocycles. The third-order valence-corrected chi connectivity index (χ3v) is 4.70. The molecule has 0 atom stereocenters. The van der Waals surface area contributed by atoms with E-state index in [1.165, 1.54) is 11.1 Å². The van der Waals surface area contributed by atoms with Crippen LogP contribution in [0.3, 0.4) is 0 Å². The summed E-state index contributed by atoms with van der Waals surface area (Å²) >= 11 is 0. The molecule has 0 radical (unpaired) electrons. The van der Waals surface area contributed by atoms with Crippen molar-refractivity contribution in [3.63, 3.8) is 0 Å². The van der Waals surface area contributed by atoms with Gasteiger partial charge in [-0.1, -0.05) is 24.3 Å². The van der Waals surface area contributed by atoms with Crippen LogP contribution in [-0.4, -0.2) is 32.8 Å². The minimum atomic E-state index is 0. The third kappa shape index (κ3) is 6.02. The van der Waals surface area contributed by atoms with Crippen LogP contribution >= 0.6 is 24.0 Å². The molecule has 0 fully saturated rings. The highest BCUT2D eigenvalue weighted by molar-refractivity contribution is 14.0. The molecular weight excluding hydrogens is 465 g/mol. The Morgan fingerprint density at radius 2 is 1.96 bits per heavy atom. The summed E-state index contributed by atoms with van der Waals surface area (Å²) in [5.74, 6) is 2.78. The van der Waals surface area contributed by atoms with Gasteiger partial charge in [-0.25, -0.2) is 4.99 Å². The van der Waals surface area contributed by atoms with E-state index < -0.39 is 0 Å². The van der Waals surface area contributed by atoms with Gasteiger partial charge in [0.25, 0.3) is 0 Å². The van der Waals surface area contributed by atoms with E-state index in [4.69, 9.17) is 14.5 Å². The lowest BCUT2D eigenvalue weighted by Gasteiger charge is -2.12. The lowest BCUT2D eigenvalue weighted by atomic mass is 10.1. The monoisotopic (exact) mass is 495 g/mol. The second-order valence-electron chi connectivity index (χ2n) is 6.72. The number of aryl methyl sites for hydroxylation is 1. The molecule has 0 unspecified atom stereocenters. The number of nitrogens with one attached hydrogen (secondary N) is 2. The normalized spacial score (nSPS) is 12.6. The molecule has 1 heterocycles. The van der Waals surface area contributed by atoms with Crippen molar-refractivity contribution in [2.24, 2.45) is 4.99 Å². The van der Waals surface area contributed by atoms with Gasteiger partial charge in [0.05, 0.1) is 20.3 Å². The second-order valence-corrected chi connectivity index (χ2v) is 6.72. The topological polar surface area (TPSA) is 54.9 Å². The largest absolute Gasteiger partial charge is 0.496 e. The summed E-state index contributed by atoms with van der Waals surface area (Å²) < 4.78 is 11.0. The van der Waals surface area contributed by atoms with Gasteiger partial charge in [0.1, 0.15) is 11.5 Å². The smallest absolute Gasteiger partial charge is 0.191 e. The van der Waals surface area contributed by atoms with Gasteiger partial charge >= 0.3 is 0 Å². The van der Waals surface area contributed by atoms with Gasteiger partial charge in [-0.05, 0) is 54.7 Å². The van der Waals surface area contributed by atoms with Crippen molar-refractivity contribution in [2.45, 2.75) is 33.2 Å². The summed E-state index contributed by atoms with van der Waals surface area (Å²) in [5.41, 5.74) is 4.91. The number of nitrogens with zero attached hydrogens (tertiary/aromatic N) is 1. The maximum absolute atomic E-state index is 5.57. The molecular formula is C22H30IN3O2. The van der Waals surface area contributed by atoms with E-state index in [1.807, 2.05) is 6.92 Å². The van der Waals surface area contributed by atoms with E-state index in [1.54, 1.807) is 7.11 Å². The van der Waals surface area contributed by atoms with E-state index >= 15 is 0 Å². The highest BCUT2D eigenvalue weighted by atomic mass is 127. The SMILES string of the molecule is CCNC(=NCc1ccc(C)c(OC)c1)NCCc1ccc2c(c1)CCO2.I. The van der Waals surface area contributed by atoms with Gasteiger partial charge in [0.15, 0.2) is 5.96 Å². The first-order valence-corrected chi connectivity index (χ1v) is 9.60. The Hall–Kier alpha value is -1.96. The fourth-order valence-electron chi connectivity index (χ4n) is 3.20. The molecule has 152 valence electrons. The average molecular weight is 495 g/mol. The van der Waals surface area contributed by atoms with Crippen LogP contribution in [0.5, 0.6) is 11.5 Å². The molecule has 0 spiro atoms. The standard InChI is InChI=1S/C22H29N3O2.HI/c1-4-23-22(25-15-18-6-5-16(2)21(14-18)26-3)24-11-9-17-7-8-20-19(13-17)10-12-27-20;/h5-8,13-14H,4,9-12,15H2,1-3H3,(H2,23,24,25);1H. The maximum atomic E-state index is 5.57. The Morgan fingerprint density at radius 3 is 2.75 bits per heavy atom. The summed E-state index contributed by atoms with van der Waals surface area (Å²) in [6.45, 7) is 7.21. The number of guanidine groups is 1. The number of benzene rings is 2. The van der Waals surface area contributed by atoms with E-state index in [-0.39, 0.29) is 24.0 Å². The zero-order valence-electron chi connectivity index (χ0n) is 16.9. The lowest BCUT2D eigenvalue weighted by Crippen LogP contribution is -2.38. The van der Waals surface area contributed by atoms with Gasteiger partial charge in [0.2, 0.25) is 0 Å². The molecule has 0 bridgehead atoms. The molecule has 5 nitrogen and oxygen atoms in total. The number of aliphatic imine (C=N–C) groups is 1. The molecule has 6 heteroatoms. The summed E-state index contributed by atoms with van der Waals surface area (Å²) in [4.78, 5) is 4.70. The highest BCUT2D eigenvalue weighted by Gasteiger charge is 2.11. The number of hydrogen-bond donors (Lipinski definition) is 2. The molecule has 3 rings (SSSR count). The van der Waals surface area contributed by atoms with Crippen LogP contribution in [0.2, 0.25) is 0 Å². The molecule has 0 aliphatic carbocycles. The first-order valence-electron chi connectivity index (χ1n) is 9.60. The molecule has 0 aromatic heterocycles. The number of methoxy groups -OCH3 is 1. The van der Waals surface area contributed by atoms with Gasteiger partial charge < -0.3 is 20.1 Å². The van der Waals surface area contributed by atoms with Crippen LogP contribution in [0.4, 0.5) is 0 Å². The van der Waals surface area contributed by atoms with Crippen LogP contribution in [0, 0.1) is 6.92 Å². The molecule has 2 N–H and O–H groups in total. The van der Waals surface area contributed by atoms with Crippen molar-refractivity contribution >= 4 is 29.9 Å². The van der Waals surface area contributed by atoms with Gasteiger partial charge in [0, 0.05) is 19.5 Å². The van der Waals surface area contributed by atoms with Crippen molar-refractivity contribution in [3.8, 4) is 11.5 Å². The second kappa shape index (κ2) is 11.1. The highest BCUT2D eigenvalue weighted by Crippen LogP contribution is 2.25. The van der Waals surface area contributed by atoms with Crippen molar-refractivity contribution in [3.05, 3.63) is 58.7 Å². The predicted octanol–water partition coefficient (Wildman–Crippen LogP) is 3.85. The molecule has 1 aliphatic rings. The van der Waals surface area contributed by atoms with Crippen LogP contribution in [0.1, 0.15) is 29.2 Å². The zero-order chi connectivity index (χ0) is 19.1. The van der Waals surface area contributed by atoms with Gasteiger partial charge in [-0.3, -0.25) is 0 Å². The minimum absolute atomic E-state index is 0. The summed E-state index contributed by atoms with van der Waals surface area (Å²) in [6.07, 6.45) is 1.97. The average Bonchev–Trinajstić information content (AvgIpc) is 3.15. The van der Waals surface area contributed by atoms with E-state index in [0.717, 1.165) is 61.1 Å². The summed E-state index contributed by atoms with van der Waals surface area (Å²) in [6, 6.07) is 12.7. The Morgan fingerprint density at radius 1 is 1.14 bits per heavy atom. The van der Waals surface area contributed by atoms with E-state index in [9.17, 15) is 0 Å². The van der Waals surface area contributed by atoms with Crippen molar-refractivity contribution < 1.29 is 9.47 Å². The van der Waals surface area contributed by atoms with Crippen LogP contribution < -0.4 is 20.1 Å². The van der Waals surface area contributed by atoms with Crippen LogP contribution in [0.15, 0.2) is 41.4 Å². The van der Waals surface area contributed by atoms with Crippen molar-refractivity contribution in [1.82, 2.24) is 10.6 Å². The molecule has 0 amide bonds. The maximum Gasteiger partial charge on any atom is 0.191 e. The molecule has 1 aliphatic heterocycles. The fraction of sp³-hybridized carbons (Fsp3) is 0.409. The summed E-state index contributed by atoms with van der Waals surface area (Å²) in [7, 11) is 1.70. The predicted molar refractivity (Wildman–Crippen MR) is 125 cm³/mol. The zero-order valence-corrected chi connectivity index (χ0v) is 19.2. The molecule has 0 saturated carbocycles. The lowest BCUT2D eigenvalue weighted by molar-refractivity contribution is 0.357. The number of ether oxygens (including phenoxy) is 2. The number of halogens is 1. The Bertz CT molecular complexity index is 808. The van der Waals surface area contributed by atoms with Gasteiger partial charge in [-0.15, -0.1) is 24.0 Å². The van der Waals surface area contributed by atoms with E-state index in [0.29, 0.717) is 6.54 Å². The fourth-order valence-corrected chi connectivity index (χ4v) is 3.20. The third-order valence-electron chi connectivity index (χ3n) is 4.70. The summed E-state index contributed by atoms with van der Waals surface area (Å²) in [5, 5.41) is 6.73. The van der Waals surface area contributed by atoms with Crippen LogP contribution in [-0.2, 0) is 19.4 Å². The number of rotatable bonds is 7. The Labute approximate surface area is 184 Å². The first kappa shape index (κ1) is 22.3. The minimum Gasteiger partial charge on any atom is -0.496 e. The molecule has 28 heavy (non-hydrogen) atoms. The van der Waals surface area contributed by atoms with E-state index in [2.05, 4.69) is 54.0 Å². The Kier molecular flexibility index (Phi) is 8.89. The van der Waals surface area contributed by atoms with Crippen molar-refractivity contribution in [2.75, 3.05) is 26.8 Å². The Balaban J connectivity index is 0.00000280. The number of fused-ring (bicyclic) bond motifs is 1.